The molecule has 2 aromatic carbocycles. The Morgan fingerprint density at radius 1 is 0.629 bits per heavy atom. The summed E-state index contributed by atoms with van der Waals surface area (Å²) in [5, 5.41) is 2.06. The number of hydrogen-bond acceptors (Lipinski definition) is 12. The summed E-state index contributed by atoms with van der Waals surface area (Å²) in [6.45, 7) is 30.1. The van der Waals surface area contributed by atoms with Crippen LogP contribution >= 0.6 is 15.9 Å². The Morgan fingerprint density at radius 3 is 1.43 bits per heavy atom. The molecule has 1 saturated heterocycles. The van der Waals surface area contributed by atoms with Gasteiger partial charge in [-0.3, -0.25) is 19.6 Å². The third kappa shape index (κ3) is 16.7. The highest BCUT2D eigenvalue weighted by molar-refractivity contribution is 9.10. The number of hydrogen-bond donors (Lipinski definition) is 0. The molecular weight excluding hydrogens is 955 g/mol. The quantitative estimate of drug-likeness (QED) is 0.0843. The normalized spacial score (nSPS) is 15.6. The van der Waals surface area contributed by atoms with Crippen molar-refractivity contribution in [2.75, 3.05) is 28.3 Å². The number of ether oxygens (including phenoxy) is 4. The van der Waals surface area contributed by atoms with Crippen molar-refractivity contribution in [2.24, 2.45) is 10.8 Å². The van der Waals surface area contributed by atoms with Gasteiger partial charge in [0.2, 0.25) is 0 Å². The first-order valence-electron chi connectivity index (χ1n) is 23.3. The van der Waals surface area contributed by atoms with Gasteiger partial charge in [0.1, 0.15) is 11.2 Å². The Kier molecular flexibility index (Phi) is 19.6. The lowest BCUT2D eigenvalue weighted by molar-refractivity contribution is -0.148. The van der Waals surface area contributed by atoms with Crippen LogP contribution in [-0.4, -0.2) is 102 Å². The van der Waals surface area contributed by atoms with E-state index in [1.807, 2.05) is 156 Å². The van der Waals surface area contributed by atoms with Crippen molar-refractivity contribution in [2.45, 2.75) is 145 Å². The number of rotatable bonds is 10. The van der Waals surface area contributed by atoms with Crippen LogP contribution in [0.15, 0.2) is 83.3 Å². The molecule has 2 atom stereocenters. The number of methoxy groups -OCH3 is 2. The van der Waals surface area contributed by atoms with E-state index in [1.54, 1.807) is 63.6 Å². The van der Waals surface area contributed by atoms with Crippen LogP contribution in [0.4, 0.5) is 9.59 Å². The van der Waals surface area contributed by atoms with Gasteiger partial charge in [-0.1, -0.05) is 70.5 Å². The van der Waals surface area contributed by atoms with Gasteiger partial charge in [-0.25, -0.2) is 9.59 Å². The minimum atomic E-state index is -0.719. The summed E-state index contributed by atoms with van der Waals surface area (Å²) in [7, 11) is 5.77. The van der Waals surface area contributed by atoms with Crippen LogP contribution in [0.3, 0.4) is 0 Å². The summed E-state index contributed by atoms with van der Waals surface area (Å²) in [6.07, 6.45) is 4.74. The number of benzene rings is 2. The van der Waals surface area contributed by atoms with E-state index in [2.05, 4.69) is 20.9 Å². The summed E-state index contributed by atoms with van der Waals surface area (Å²) in [4.78, 5) is 60.5. The molecule has 3 heterocycles. The minimum Gasteiger partial charge on any atom is -0.468 e. The number of halogens is 1. The first-order valence-corrected chi connectivity index (χ1v) is 24.1. The van der Waals surface area contributed by atoms with E-state index in [0.29, 0.717) is 0 Å². The van der Waals surface area contributed by atoms with Crippen molar-refractivity contribution in [3.05, 3.63) is 100 Å². The lowest BCUT2D eigenvalue weighted by atomic mass is 9.83. The Labute approximate surface area is 425 Å². The second-order valence-corrected chi connectivity index (χ2v) is 22.5. The fourth-order valence-electron chi connectivity index (χ4n) is 6.46. The van der Waals surface area contributed by atoms with Gasteiger partial charge in [0.15, 0.2) is 0 Å². The molecule has 1 aliphatic heterocycles. The maximum atomic E-state index is 12.4. The fraction of sp³-hybridized carbons (Fsp3) is 0.519. The van der Waals surface area contributed by atoms with E-state index in [9.17, 15) is 19.2 Å². The molecule has 382 valence electrons. The van der Waals surface area contributed by atoms with Gasteiger partial charge in [0.25, 0.3) is 0 Å². The van der Waals surface area contributed by atoms with Gasteiger partial charge >= 0.3 is 31.2 Å². The van der Waals surface area contributed by atoms with E-state index in [-0.39, 0.29) is 41.3 Å². The Morgan fingerprint density at radius 2 is 1.01 bits per heavy atom. The van der Waals surface area contributed by atoms with Crippen molar-refractivity contribution >= 4 is 75.1 Å². The highest BCUT2D eigenvalue weighted by Crippen LogP contribution is 2.37. The molecule has 0 saturated carbocycles. The Bertz CT molecular complexity index is 2530. The van der Waals surface area contributed by atoms with E-state index < -0.39 is 35.2 Å². The van der Waals surface area contributed by atoms with Crippen molar-refractivity contribution in [1.29, 1.82) is 0 Å². The third-order valence-electron chi connectivity index (χ3n) is 11.9. The molecule has 0 spiro atoms. The van der Waals surface area contributed by atoms with Gasteiger partial charge in [0, 0.05) is 29.3 Å². The highest BCUT2D eigenvalue weighted by atomic mass is 79.9. The van der Waals surface area contributed by atoms with Crippen LogP contribution in [0.1, 0.15) is 140 Å². The summed E-state index contributed by atoms with van der Waals surface area (Å²) in [5.41, 5.74) is 1.05. The van der Waals surface area contributed by atoms with E-state index in [0.717, 1.165) is 43.2 Å². The number of carbonyl (C=O) groups is 4. The Hall–Kier alpha value is -5.32. The zero-order valence-corrected chi connectivity index (χ0v) is 46.7. The molecule has 0 N–H and O–H groups in total. The molecule has 5 rings (SSSR count). The van der Waals surface area contributed by atoms with Crippen molar-refractivity contribution in [1.82, 2.24) is 19.8 Å². The lowest BCUT2D eigenvalue weighted by Gasteiger charge is -2.32. The van der Waals surface area contributed by atoms with E-state index in [1.165, 1.54) is 14.2 Å². The van der Waals surface area contributed by atoms with Crippen LogP contribution in [0, 0.1) is 10.8 Å². The molecule has 1 aliphatic rings. The zero-order valence-electron chi connectivity index (χ0n) is 45.1. The summed E-state index contributed by atoms with van der Waals surface area (Å²) in [6, 6.07) is 19.3. The number of aromatic nitrogens is 2. The fourth-order valence-corrected chi connectivity index (χ4v) is 6.81. The number of pyridine rings is 2. The van der Waals surface area contributed by atoms with Crippen LogP contribution in [0.5, 0.6) is 0 Å². The van der Waals surface area contributed by atoms with Gasteiger partial charge in [-0.05, 0) is 147 Å². The lowest BCUT2D eigenvalue weighted by Crippen LogP contribution is -2.41. The van der Waals surface area contributed by atoms with Crippen LogP contribution in [0.2, 0.25) is 0 Å². The zero-order chi connectivity index (χ0) is 53.4. The molecule has 0 bridgehead atoms. The third-order valence-corrected chi connectivity index (χ3v) is 12.3. The number of fused-ring (bicyclic) bond motifs is 2. The molecule has 0 aliphatic carbocycles. The predicted octanol–water partition coefficient (Wildman–Crippen LogP) is 12.7. The standard InChI is InChI=1S/C24H32N2O4.C17H21BrN2O2.C13H23BO4/c1-16(26(7)22(28)30-23(2,3)4)19-12-11-18-10-9-17(15-20(18)25-19)13-14-24(5,6)21(27)29-8;1-11(20(5)16(21)22-17(2,3)4)14-9-7-12-6-8-13(18)10-15(12)19-14;1-11(2,10(15)16-7)8-9-14-17-12(3,4)13(5,6)18-14/h9-16H,1-8H3;6-11H,1-5H3;8-9H,1-7H3/b14-13+;;9-8+/t16-;11-;/m11./s1. The largest absolute Gasteiger partial charge is 0.486 e. The van der Waals surface area contributed by atoms with Crippen LogP contribution in [-0.2, 0) is 37.8 Å². The predicted molar refractivity (Wildman–Crippen MR) is 282 cm³/mol. The number of amides is 2. The molecule has 14 nitrogen and oxygen atoms in total. The van der Waals surface area contributed by atoms with Crippen LogP contribution in [0.25, 0.3) is 27.9 Å². The van der Waals surface area contributed by atoms with Crippen LogP contribution < -0.4 is 0 Å². The summed E-state index contributed by atoms with van der Waals surface area (Å²) in [5.74, 6) is 1.20. The summed E-state index contributed by atoms with van der Waals surface area (Å²) < 4.78 is 33.0. The summed E-state index contributed by atoms with van der Waals surface area (Å²) >= 11 is 3.45. The van der Waals surface area contributed by atoms with Gasteiger partial charge in [-0.15, -0.1) is 0 Å². The molecule has 0 radical (unpaired) electrons. The number of nitrogens with zero attached hydrogens (tertiary/aromatic N) is 4. The maximum Gasteiger partial charge on any atom is 0.486 e. The smallest absolute Gasteiger partial charge is 0.468 e. The molecule has 1 fully saturated rings. The molecule has 2 amide bonds. The van der Waals surface area contributed by atoms with E-state index >= 15 is 0 Å². The van der Waals surface area contributed by atoms with Gasteiger partial charge < -0.3 is 38.1 Å². The molecule has 0 unspecified atom stereocenters. The SMILES string of the molecule is COC(=O)C(C)(C)/C=C/B1OC(C)(C)C(C)(C)O1.COC(=O)C(C)(C)/C=C/c1ccc2ccc([C@@H](C)N(C)C(=O)OC(C)(C)C)nc2c1.C[C@H](c1ccc2ccc(Br)cc2n1)N(C)C(=O)OC(C)(C)C. The number of carbonyl (C=O) groups excluding carboxylic acids is 4. The average molecular weight is 1030 g/mol. The van der Waals surface area contributed by atoms with Gasteiger partial charge in [0.05, 0.1) is 70.8 Å². The second-order valence-electron chi connectivity index (χ2n) is 21.5. The molecule has 16 heteroatoms. The maximum absolute atomic E-state index is 12.4. The first-order chi connectivity index (χ1) is 32.0. The second kappa shape index (κ2) is 23.3. The average Bonchev–Trinajstić information content (AvgIpc) is 3.49. The molecule has 70 heavy (non-hydrogen) atoms. The molecule has 4 aromatic rings. The van der Waals surface area contributed by atoms with E-state index in [4.69, 9.17) is 33.2 Å². The van der Waals surface area contributed by atoms with Crippen molar-refractivity contribution in [3.63, 3.8) is 0 Å². The topological polar surface area (TPSA) is 156 Å². The molecular formula is C54H76BBrN4O10. The highest BCUT2D eigenvalue weighted by Gasteiger charge is 2.50. The minimum absolute atomic E-state index is 0.168. The van der Waals surface area contributed by atoms with Crippen molar-refractivity contribution < 1.29 is 47.4 Å². The monoisotopic (exact) mass is 1030 g/mol. The first kappa shape index (κ1) is 59.0. The number of esters is 2. The molecule has 2 aromatic heterocycles. The van der Waals surface area contributed by atoms with Crippen molar-refractivity contribution in [3.8, 4) is 0 Å². The Balaban J connectivity index is 0.000000288. The van der Waals surface area contributed by atoms with Gasteiger partial charge in [-0.2, -0.15) is 0 Å².